The molecule has 0 bridgehead atoms. The van der Waals surface area contributed by atoms with Crippen molar-refractivity contribution in [1.82, 2.24) is 14.5 Å². The van der Waals surface area contributed by atoms with Crippen LogP contribution in [0, 0.1) is 6.92 Å². The molecule has 5 heteroatoms. The van der Waals surface area contributed by atoms with Gasteiger partial charge in [-0.25, -0.2) is 9.97 Å². The maximum Gasteiger partial charge on any atom is 0.201 e. The van der Waals surface area contributed by atoms with Gasteiger partial charge in [0.1, 0.15) is 11.3 Å². The lowest BCUT2D eigenvalue weighted by Gasteiger charge is -1.98. The molecule has 2 rings (SSSR count). The molecule has 0 saturated carbocycles. The molecular formula is C8H11N5. The number of fused-ring (bicyclic) bond motifs is 1. The molecule has 0 aliphatic rings. The molecule has 0 aromatic carbocycles. The fourth-order valence-electron chi connectivity index (χ4n) is 1.38. The highest BCUT2D eigenvalue weighted by atomic mass is 15.1. The lowest BCUT2D eigenvalue weighted by Crippen LogP contribution is -1.97. The minimum atomic E-state index is 0.477. The first-order valence-electron chi connectivity index (χ1n) is 3.94. The van der Waals surface area contributed by atoms with Gasteiger partial charge < -0.3 is 16.0 Å². The summed E-state index contributed by atoms with van der Waals surface area (Å²) < 4.78 is 1.79. The van der Waals surface area contributed by atoms with Crippen molar-refractivity contribution in [2.24, 2.45) is 7.05 Å². The zero-order valence-electron chi connectivity index (χ0n) is 7.57. The van der Waals surface area contributed by atoms with Gasteiger partial charge in [-0.15, -0.1) is 0 Å². The molecule has 13 heavy (non-hydrogen) atoms. The molecule has 0 amide bonds. The van der Waals surface area contributed by atoms with Crippen LogP contribution in [0.4, 0.5) is 11.8 Å². The van der Waals surface area contributed by atoms with Crippen LogP contribution in [0.25, 0.3) is 11.0 Å². The standard InChI is InChI=1S/C8H11N5/c1-4-7-5(3-6(9)11-4)13(2)8(10)12-7/h3H,1-2H3,(H2,9,11)(H2,10,12). The third-order valence-corrected chi connectivity index (χ3v) is 2.10. The van der Waals surface area contributed by atoms with Gasteiger partial charge in [-0.05, 0) is 6.92 Å². The molecule has 0 spiro atoms. The number of imidazole rings is 1. The van der Waals surface area contributed by atoms with Crippen molar-refractivity contribution < 1.29 is 0 Å². The van der Waals surface area contributed by atoms with Crippen LogP contribution in [0.1, 0.15) is 5.69 Å². The largest absolute Gasteiger partial charge is 0.384 e. The SMILES string of the molecule is Cc1nc(N)cc2c1nc(N)n2C. The Bertz CT molecular complexity index is 471. The van der Waals surface area contributed by atoms with E-state index < -0.39 is 0 Å². The van der Waals surface area contributed by atoms with Gasteiger partial charge in [-0.2, -0.15) is 0 Å². The molecule has 4 N–H and O–H groups in total. The molecule has 0 fully saturated rings. The van der Waals surface area contributed by atoms with E-state index in [1.165, 1.54) is 0 Å². The first-order valence-corrected chi connectivity index (χ1v) is 3.94. The van der Waals surface area contributed by atoms with Crippen molar-refractivity contribution in [2.45, 2.75) is 6.92 Å². The summed E-state index contributed by atoms with van der Waals surface area (Å²) in [6, 6.07) is 1.77. The Kier molecular flexibility index (Phi) is 1.42. The zero-order chi connectivity index (χ0) is 9.59. The van der Waals surface area contributed by atoms with Crippen LogP contribution in [0.15, 0.2) is 6.07 Å². The monoisotopic (exact) mass is 177 g/mol. The second kappa shape index (κ2) is 2.35. The Morgan fingerprint density at radius 3 is 2.69 bits per heavy atom. The van der Waals surface area contributed by atoms with E-state index in [1.807, 2.05) is 14.0 Å². The van der Waals surface area contributed by atoms with Gasteiger partial charge in [0.05, 0.1) is 11.2 Å². The predicted molar refractivity (Wildman–Crippen MR) is 52.1 cm³/mol. The number of nitrogens with zero attached hydrogens (tertiary/aromatic N) is 3. The van der Waals surface area contributed by atoms with E-state index >= 15 is 0 Å². The van der Waals surface area contributed by atoms with E-state index in [0.29, 0.717) is 11.8 Å². The van der Waals surface area contributed by atoms with E-state index in [4.69, 9.17) is 11.5 Å². The third-order valence-electron chi connectivity index (χ3n) is 2.10. The van der Waals surface area contributed by atoms with Gasteiger partial charge in [0, 0.05) is 13.1 Å². The Morgan fingerprint density at radius 1 is 1.31 bits per heavy atom. The number of anilines is 2. The minimum absolute atomic E-state index is 0.477. The van der Waals surface area contributed by atoms with Crippen LogP contribution < -0.4 is 11.5 Å². The Hall–Kier alpha value is -1.78. The number of aryl methyl sites for hydroxylation is 2. The zero-order valence-corrected chi connectivity index (χ0v) is 7.57. The van der Waals surface area contributed by atoms with Gasteiger partial charge in [-0.3, -0.25) is 0 Å². The summed E-state index contributed by atoms with van der Waals surface area (Å²) in [7, 11) is 1.85. The van der Waals surface area contributed by atoms with Crippen LogP contribution in [-0.4, -0.2) is 14.5 Å². The lowest BCUT2D eigenvalue weighted by atomic mass is 10.3. The number of nitrogen functional groups attached to an aromatic ring is 2. The van der Waals surface area contributed by atoms with Crippen molar-refractivity contribution in [2.75, 3.05) is 11.5 Å². The number of aromatic nitrogens is 3. The first-order chi connectivity index (χ1) is 6.09. The summed E-state index contributed by atoms with van der Waals surface area (Å²) in [4.78, 5) is 8.28. The summed E-state index contributed by atoms with van der Waals surface area (Å²) in [6.07, 6.45) is 0. The van der Waals surface area contributed by atoms with Gasteiger partial charge in [0.15, 0.2) is 0 Å². The molecular weight excluding hydrogens is 166 g/mol. The summed E-state index contributed by atoms with van der Waals surface area (Å²) in [5.41, 5.74) is 13.8. The maximum atomic E-state index is 5.65. The number of hydrogen-bond acceptors (Lipinski definition) is 4. The highest BCUT2D eigenvalue weighted by molar-refractivity contribution is 5.82. The van der Waals surface area contributed by atoms with E-state index in [0.717, 1.165) is 16.7 Å². The predicted octanol–water partition coefficient (Wildman–Crippen LogP) is 0.441. The molecule has 2 aromatic heterocycles. The Labute approximate surface area is 75.4 Å². The van der Waals surface area contributed by atoms with Gasteiger partial charge >= 0.3 is 0 Å². The highest BCUT2D eigenvalue weighted by Crippen LogP contribution is 2.20. The average molecular weight is 177 g/mol. The van der Waals surface area contributed by atoms with Crippen molar-refractivity contribution >= 4 is 22.8 Å². The van der Waals surface area contributed by atoms with E-state index in [9.17, 15) is 0 Å². The smallest absolute Gasteiger partial charge is 0.201 e. The molecule has 0 atom stereocenters. The van der Waals surface area contributed by atoms with Crippen molar-refractivity contribution in [3.05, 3.63) is 11.8 Å². The Balaban J connectivity index is 2.94. The molecule has 5 nitrogen and oxygen atoms in total. The number of rotatable bonds is 0. The average Bonchev–Trinajstić information content (AvgIpc) is 2.32. The summed E-state index contributed by atoms with van der Waals surface area (Å²) in [5, 5.41) is 0. The second-order valence-corrected chi connectivity index (χ2v) is 3.03. The quantitative estimate of drug-likeness (QED) is 0.611. The van der Waals surface area contributed by atoms with Crippen molar-refractivity contribution in [3.8, 4) is 0 Å². The third kappa shape index (κ3) is 1.00. The topological polar surface area (TPSA) is 82.8 Å². The van der Waals surface area contributed by atoms with E-state index in [2.05, 4.69) is 9.97 Å². The molecule has 2 heterocycles. The summed E-state index contributed by atoms with van der Waals surface area (Å²) in [5.74, 6) is 0.971. The van der Waals surface area contributed by atoms with Crippen LogP contribution in [0.3, 0.4) is 0 Å². The summed E-state index contributed by atoms with van der Waals surface area (Å²) in [6.45, 7) is 1.87. The Morgan fingerprint density at radius 2 is 2.00 bits per heavy atom. The molecule has 2 aromatic rings. The highest BCUT2D eigenvalue weighted by Gasteiger charge is 2.08. The fraction of sp³-hybridized carbons (Fsp3) is 0.250. The van der Waals surface area contributed by atoms with Gasteiger partial charge in [0.2, 0.25) is 5.95 Å². The first kappa shape index (κ1) is 7.85. The van der Waals surface area contributed by atoms with Crippen molar-refractivity contribution in [3.63, 3.8) is 0 Å². The van der Waals surface area contributed by atoms with Gasteiger partial charge in [-0.1, -0.05) is 0 Å². The second-order valence-electron chi connectivity index (χ2n) is 3.03. The maximum absolute atomic E-state index is 5.65. The molecule has 0 saturated heterocycles. The minimum Gasteiger partial charge on any atom is -0.384 e. The molecule has 0 radical (unpaired) electrons. The van der Waals surface area contributed by atoms with Crippen molar-refractivity contribution in [1.29, 1.82) is 0 Å². The number of nitrogens with two attached hydrogens (primary N) is 2. The number of pyridine rings is 1. The normalized spacial score (nSPS) is 10.9. The molecule has 0 aliphatic heterocycles. The van der Waals surface area contributed by atoms with E-state index in [-0.39, 0.29) is 0 Å². The van der Waals surface area contributed by atoms with Crippen LogP contribution in [0.2, 0.25) is 0 Å². The van der Waals surface area contributed by atoms with Gasteiger partial charge in [0.25, 0.3) is 0 Å². The number of hydrogen-bond donors (Lipinski definition) is 2. The molecule has 68 valence electrons. The van der Waals surface area contributed by atoms with E-state index in [1.54, 1.807) is 10.6 Å². The van der Waals surface area contributed by atoms with Crippen LogP contribution >= 0.6 is 0 Å². The fourth-order valence-corrected chi connectivity index (χ4v) is 1.38. The van der Waals surface area contributed by atoms with Crippen LogP contribution in [-0.2, 0) is 7.05 Å². The lowest BCUT2D eigenvalue weighted by molar-refractivity contribution is 0.965. The molecule has 0 unspecified atom stereocenters. The summed E-state index contributed by atoms with van der Waals surface area (Å²) >= 11 is 0. The van der Waals surface area contributed by atoms with Crippen LogP contribution in [0.5, 0.6) is 0 Å². The molecule has 0 aliphatic carbocycles.